The fourth-order valence-corrected chi connectivity index (χ4v) is 4.68. The van der Waals surface area contributed by atoms with Gasteiger partial charge in [0.25, 0.3) is 5.91 Å². The highest BCUT2D eigenvalue weighted by atomic mass is 16.5. The van der Waals surface area contributed by atoms with Gasteiger partial charge in [0.05, 0.1) is 12.1 Å². The molecule has 0 aliphatic rings. The topological polar surface area (TPSA) is 118 Å². The highest BCUT2D eigenvalue weighted by Crippen LogP contribution is 2.30. The van der Waals surface area contributed by atoms with Crippen molar-refractivity contribution in [2.24, 2.45) is 7.05 Å². The predicted molar refractivity (Wildman–Crippen MR) is 166 cm³/mol. The van der Waals surface area contributed by atoms with Gasteiger partial charge in [-0.2, -0.15) is 0 Å². The first-order chi connectivity index (χ1) is 20.1. The van der Waals surface area contributed by atoms with Crippen molar-refractivity contribution in [3.05, 3.63) is 88.5 Å². The molecule has 3 amide bonds. The summed E-state index contributed by atoms with van der Waals surface area (Å²) in [6, 6.07) is 16.5. The molecule has 3 N–H and O–H groups in total. The third-order valence-corrected chi connectivity index (χ3v) is 7.25. The molecule has 0 unspecified atom stereocenters. The maximum atomic E-state index is 13.0. The largest absolute Gasteiger partial charge is 0.487 e. The van der Waals surface area contributed by atoms with E-state index in [4.69, 9.17) is 4.74 Å². The van der Waals surface area contributed by atoms with E-state index in [-0.39, 0.29) is 18.4 Å². The second-order valence-electron chi connectivity index (χ2n) is 9.87. The number of carbonyl (C=O) groups excluding carboxylic acids is 3. The van der Waals surface area contributed by atoms with Crippen molar-refractivity contribution in [1.29, 1.82) is 0 Å². The molecule has 0 bridgehead atoms. The Morgan fingerprint density at radius 1 is 1.02 bits per heavy atom. The minimum Gasteiger partial charge on any atom is -0.487 e. The molecule has 42 heavy (non-hydrogen) atoms. The maximum absolute atomic E-state index is 13.0. The first kappa shape index (κ1) is 29.9. The summed E-state index contributed by atoms with van der Waals surface area (Å²) in [6.45, 7) is 4.12. The van der Waals surface area contributed by atoms with Gasteiger partial charge in [0.2, 0.25) is 17.8 Å². The molecule has 0 aliphatic heterocycles. The highest BCUT2D eigenvalue weighted by Gasteiger charge is 2.18. The normalized spacial score (nSPS) is 11.0. The van der Waals surface area contributed by atoms with Gasteiger partial charge in [-0.05, 0) is 72.5 Å². The third kappa shape index (κ3) is 6.43. The molecule has 1 aromatic heterocycles. The van der Waals surface area contributed by atoms with E-state index in [9.17, 15) is 14.4 Å². The maximum Gasteiger partial charge on any atom is 0.251 e. The van der Waals surface area contributed by atoms with E-state index in [2.05, 4.69) is 20.9 Å². The number of rotatable bonds is 10. The van der Waals surface area contributed by atoms with Crippen LogP contribution in [-0.2, 0) is 23.2 Å². The lowest BCUT2D eigenvalue weighted by atomic mass is 10.0. The van der Waals surface area contributed by atoms with Gasteiger partial charge in [-0.15, -0.1) is 0 Å². The average Bonchev–Trinajstić information content (AvgIpc) is 3.34. The van der Waals surface area contributed by atoms with E-state index in [1.165, 1.54) is 6.08 Å². The van der Waals surface area contributed by atoms with E-state index in [0.29, 0.717) is 17.9 Å². The molecule has 3 aromatic carbocycles. The Balaban J connectivity index is 1.39. The Bertz CT molecular complexity index is 1660. The van der Waals surface area contributed by atoms with Gasteiger partial charge in [0.1, 0.15) is 17.9 Å². The molecule has 4 aromatic rings. The van der Waals surface area contributed by atoms with Crippen LogP contribution in [0, 0.1) is 13.8 Å². The van der Waals surface area contributed by atoms with E-state index in [1.807, 2.05) is 62.8 Å². The number of carbonyl (C=O) groups is 3. The Labute approximate surface area is 245 Å². The number of likely N-dealkylation sites (N-methyl/N-ethyl adjacent to an activating group) is 1. The molecular formula is C32H36N6O4. The lowest BCUT2D eigenvalue weighted by Crippen LogP contribution is -2.38. The second-order valence-corrected chi connectivity index (χ2v) is 9.87. The number of hydrogen-bond donors (Lipinski definition) is 3. The zero-order valence-corrected chi connectivity index (χ0v) is 24.7. The molecular weight excluding hydrogens is 532 g/mol. The number of benzene rings is 3. The van der Waals surface area contributed by atoms with E-state index >= 15 is 0 Å². The molecule has 0 fully saturated rings. The predicted octanol–water partition coefficient (Wildman–Crippen LogP) is 3.96. The standard InChI is InChI=1S/C32H36N6O4/c1-20-10-16-25(21(2)24(20)19-42-27-9-7-8-26-30(27)36-32(34-4)38(26)6)37(5)29(40)18-35-28(39)17-13-22-11-14-23(15-12-22)31(41)33-3/h7-17H,18-19H2,1-6H3,(H,33,41)(H,34,36)(H,35,39)/b17-13+. The molecule has 10 heteroatoms. The number of fused-ring (bicyclic) bond motifs is 1. The Hall–Kier alpha value is -5.12. The Kier molecular flexibility index (Phi) is 9.26. The number of para-hydroxylation sites is 1. The van der Waals surface area contributed by atoms with Crippen molar-refractivity contribution < 1.29 is 19.1 Å². The summed E-state index contributed by atoms with van der Waals surface area (Å²) >= 11 is 0. The first-order valence-corrected chi connectivity index (χ1v) is 13.5. The summed E-state index contributed by atoms with van der Waals surface area (Å²) in [5, 5.41) is 8.30. The number of ether oxygens (including phenoxy) is 1. The van der Waals surface area contributed by atoms with Gasteiger partial charge >= 0.3 is 0 Å². The second kappa shape index (κ2) is 13.0. The number of nitrogens with zero attached hydrogens (tertiary/aromatic N) is 3. The number of imidazole rings is 1. The lowest BCUT2D eigenvalue weighted by Gasteiger charge is -2.23. The summed E-state index contributed by atoms with van der Waals surface area (Å²) in [5.74, 6) is 0.584. The molecule has 218 valence electrons. The van der Waals surface area contributed by atoms with Crippen LogP contribution in [0.1, 0.15) is 32.6 Å². The van der Waals surface area contributed by atoms with Crippen LogP contribution in [-0.4, -0.2) is 55.0 Å². The number of amides is 3. The lowest BCUT2D eigenvalue weighted by molar-refractivity contribution is -0.122. The molecule has 0 saturated heterocycles. The van der Waals surface area contributed by atoms with E-state index < -0.39 is 5.91 Å². The minimum atomic E-state index is -0.396. The van der Waals surface area contributed by atoms with Crippen molar-refractivity contribution in [3.63, 3.8) is 0 Å². The van der Waals surface area contributed by atoms with Crippen LogP contribution >= 0.6 is 0 Å². The summed E-state index contributed by atoms with van der Waals surface area (Å²) in [4.78, 5) is 43.2. The van der Waals surface area contributed by atoms with Crippen molar-refractivity contribution in [3.8, 4) is 5.75 Å². The zero-order valence-electron chi connectivity index (χ0n) is 24.7. The monoisotopic (exact) mass is 568 g/mol. The summed E-state index contributed by atoms with van der Waals surface area (Å²) < 4.78 is 8.22. The molecule has 0 atom stereocenters. The molecule has 0 aliphatic carbocycles. The smallest absolute Gasteiger partial charge is 0.251 e. The Morgan fingerprint density at radius 2 is 1.76 bits per heavy atom. The zero-order chi connectivity index (χ0) is 30.4. The summed E-state index contributed by atoms with van der Waals surface area (Å²) in [5.41, 5.74) is 6.69. The van der Waals surface area contributed by atoms with Crippen LogP contribution in [0.5, 0.6) is 5.75 Å². The fourth-order valence-electron chi connectivity index (χ4n) is 4.68. The van der Waals surface area contributed by atoms with Gasteiger partial charge in [0, 0.05) is 45.5 Å². The van der Waals surface area contributed by atoms with Gasteiger partial charge in [0.15, 0.2) is 0 Å². The van der Waals surface area contributed by atoms with Crippen LogP contribution in [0.4, 0.5) is 11.6 Å². The van der Waals surface area contributed by atoms with Crippen LogP contribution in [0.3, 0.4) is 0 Å². The number of hydrogen-bond acceptors (Lipinski definition) is 6. The highest BCUT2D eigenvalue weighted by molar-refractivity contribution is 5.99. The van der Waals surface area contributed by atoms with Gasteiger partial charge in [-0.1, -0.05) is 24.3 Å². The van der Waals surface area contributed by atoms with Crippen LogP contribution in [0.2, 0.25) is 0 Å². The van der Waals surface area contributed by atoms with E-state index in [0.717, 1.165) is 44.9 Å². The first-order valence-electron chi connectivity index (χ1n) is 13.5. The summed E-state index contributed by atoms with van der Waals surface area (Å²) in [6.07, 6.45) is 2.98. The van der Waals surface area contributed by atoms with Crippen molar-refractivity contribution >= 4 is 46.5 Å². The van der Waals surface area contributed by atoms with Crippen LogP contribution < -0.4 is 25.6 Å². The average molecular weight is 569 g/mol. The quantitative estimate of drug-likeness (QED) is 0.249. The molecule has 0 spiro atoms. The molecule has 0 saturated carbocycles. The van der Waals surface area contributed by atoms with E-state index in [1.54, 1.807) is 49.3 Å². The van der Waals surface area contributed by atoms with Crippen LogP contribution in [0.25, 0.3) is 17.1 Å². The molecule has 0 radical (unpaired) electrons. The minimum absolute atomic E-state index is 0.163. The van der Waals surface area contributed by atoms with Gasteiger partial charge in [-0.25, -0.2) is 4.98 Å². The van der Waals surface area contributed by atoms with Gasteiger partial charge < -0.3 is 30.2 Å². The van der Waals surface area contributed by atoms with Gasteiger partial charge in [-0.3, -0.25) is 14.4 Å². The SMILES string of the molecule is CNC(=O)c1ccc(/C=C/C(=O)NCC(=O)N(C)c2ccc(C)c(COc3cccc4c3nc(NC)n4C)c2C)cc1. The summed E-state index contributed by atoms with van der Waals surface area (Å²) in [7, 11) is 7.03. The van der Waals surface area contributed by atoms with Crippen molar-refractivity contribution in [2.45, 2.75) is 20.5 Å². The van der Waals surface area contributed by atoms with Crippen molar-refractivity contribution in [2.75, 3.05) is 37.9 Å². The third-order valence-electron chi connectivity index (χ3n) is 7.25. The number of anilines is 2. The number of nitrogens with one attached hydrogen (secondary N) is 3. The molecule has 1 heterocycles. The number of aryl methyl sites for hydroxylation is 2. The Morgan fingerprint density at radius 3 is 2.45 bits per heavy atom. The van der Waals surface area contributed by atoms with Crippen molar-refractivity contribution in [1.82, 2.24) is 20.2 Å². The van der Waals surface area contributed by atoms with Crippen LogP contribution in [0.15, 0.2) is 60.7 Å². The fraction of sp³-hybridized carbons (Fsp3) is 0.250. The molecule has 4 rings (SSSR count). The number of aromatic nitrogens is 2. The molecule has 10 nitrogen and oxygen atoms in total.